The van der Waals surface area contributed by atoms with E-state index in [9.17, 15) is 4.39 Å². The van der Waals surface area contributed by atoms with Gasteiger partial charge in [-0.15, -0.1) is 16.4 Å². The predicted molar refractivity (Wildman–Crippen MR) is 136 cm³/mol. The van der Waals surface area contributed by atoms with E-state index in [1.807, 2.05) is 31.3 Å². The van der Waals surface area contributed by atoms with Crippen molar-refractivity contribution in [2.24, 2.45) is 5.73 Å². The number of nitrogens with one attached hydrogen (secondary N) is 1. The van der Waals surface area contributed by atoms with Gasteiger partial charge in [-0.25, -0.2) is 14.4 Å². The molecule has 3 aromatic heterocycles. The fourth-order valence-corrected chi connectivity index (χ4v) is 4.93. The fourth-order valence-electron chi connectivity index (χ4n) is 3.78. The second-order valence-electron chi connectivity index (χ2n) is 7.71. The molecule has 0 radical (unpaired) electrons. The molecule has 0 fully saturated rings. The van der Waals surface area contributed by atoms with Gasteiger partial charge in [0.2, 0.25) is 5.95 Å². The molecular weight excluding hydrogens is 449 g/mol. The van der Waals surface area contributed by atoms with Crippen LogP contribution in [0.25, 0.3) is 31.8 Å². The van der Waals surface area contributed by atoms with E-state index in [1.165, 1.54) is 6.07 Å². The van der Waals surface area contributed by atoms with Crippen LogP contribution in [0.3, 0.4) is 0 Å². The molecule has 9 heteroatoms. The summed E-state index contributed by atoms with van der Waals surface area (Å²) >= 11 is 1.62. The maximum atomic E-state index is 14.1. The minimum absolute atomic E-state index is 0. The van der Waals surface area contributed by atoms with Crippen molar-refractivity contribution < 1.29 is 4.39 Å². The van der Waals surface area contributed by atoms with Gasteiger partial charge < -0.3 is 11.1 Å². The van der Waals surface area contributed by atoms with Crippen molar-refractivity contribution in [2.45, 2.75) is 26.9 Å². The summed E-state index contributed by atoms with van der Waals surface area (Å²) in [6, 6.07) is 14.6. The molecule has 1 unspecified atom stereocenters. The van der Waals surface area contributed by atoms with Crippen molar-refractivity contribution in [2.75, 3.05) is 11.9 Å². The van der Waals surface area contributed by atoms with Gasteiger partial charge in [0.05, 0.1) is 23.3 Å². The molecule has 1 atom stereocenters. The topological polar surface area (TPSA) is 94.5 Å². The van der Waals surface area contributed by atoms with Crippen LogP contribution in [-0.4, -0.2) is 31.5 Å². The normalized spacial score (nSPS) is 11.9. The number of halogens is 1. The molecular formula is C25H26FN7S. The quantitative estimate of drug-likeness (QED) is 0.322. The number of nitrogens with two attached hydrogens (primary N) is 1. The molecule has 3 heterocycles. The van der Waals surface area contributed by atoms with Crippen LogP contribution in [0, 0.1) is 5.82 Å². The first-order valence-corrected chi connectivity index (χ1v) is 11.4. The molecule has 34 heavy (non-hydrogen) atoms. The Morgan fingerprint density at radius 3 is 2.79 bits per heavy atom. The summed E-state index contributed by atoms with van der Waals surface area (Å²) in [6.07, 6.45) is 5.20. The molecule has 5 aromatic rings. The number of thiophene rings is 1. The van der Waals surface area contributed by atoms with Crippen LogP contribution in [0.15, 0.2) is 67.1 Å². The number of benzene rings is 2. The van der Waals surface area contributed by atoms with Gasteiger partial charge in [0.1, 0.15) is 5.82 Å². The van der Waals surface area contributed by atoms with E-state index < -0.39 is 0 Å². The van der Waals surface area contributed by atoms with E-state index in [1.54, 1.807) is 40.5 Å². The summed E-state index contributed by atoms with van der Waals surface area (Å²) < 4.78 is 16.9. The lowest BCUT2D eigenvalue weighted by atomic mass is 9.95. The summed E-state index contributed by atoms with van der Waals surface area (Å²) in [7, 11) is 0. The van der Waals surface area contributed by atoms with Crippen LogP contribution in [0.5, 0.6) is 0 Å². The lowest BCUT2D eigenvalue weighted by Gasteiger charge is -2.14. The summed E-state index contributed by atoms with van der Waals surface area (Å²) in [4.78, 5) is 10.0. The van der Waals surface area contributed by atoms with Gasteiger partial charge in [-0.05, 0) is 53.3 Å². The standard InChI is InChI=1S/C24H22FN7S.CH4/c1-15(26)18-6-5-17(25)14-20(18)19-4-2-3-16-13-22(33-23(16)19)21-7-8-27-24(30-21)28-9-11-32-12-10-29-31-32;/h2-8,10,12-15H,9,11,26H2,1H3,(H,27,28,30);1H4. The molecule has 0 saturated carbocycles. The minimum atomic E-state index is -0.277. The summed E-state index contributed by atoms with van der Waals surface area (Å²) in [5.74, 6) is 0.273. The average Bonchev–Trinajstić information content (AvgIpc) is 3.49. The maximum Gasteiger partial charge on any atom is 0.223 e. The molecule has 174 valence electrons. The van der Waals surface area contributed by atoms with Gasteiger partial charge >= 0.3 is 0 Å². The Balaban J connectivity index is 0.00000274. The zero-order valence-corrected chi connectivity index (χ0v) is 18.8. The lowest BCUT2D eigenvalue weighted by molar-refractivity contribution is 0.607. The van der Waals surface area contributed by atoms with Crippen LogP contribution in [0.2, 0.25) is 0 Å². The number of hydrogen-bond donors (Lipinski definition) is 2. The maximum absolute atomic E-state index is 14.1. The molecule has 0 aliphatic carbocycles. The van der Waals surface area contributed by atoms with Crippen LogP contribution in [-0.2, 0) is 6.54 Å². The Hall–Kier alpha value is -3.69. The van der Waals surface area contributed by atoms with Gasteiger partial charge in [-0.2, -0.15) is 0 Å². The van der Waals surface area contributed by atoms with E-state index in [0.29, 0.717) is 19.0 Å². The zero-order chi connectivity index (χ0) is 22.8. The third kappa shape index (κ3) is 4.80. The van der Waals surface area contributed by atoms with Crippen molar-refractivity contribution >= 4 is 27.4 Å². The average molecular weight is 476 g/mol. The highest BCUT2D eigenvalue weighted by molar-refractivity contribution is 7.22. The first-order valence-electron chi connectivity index (χ1n) is 10.6. The molecule has 0 amide bonds. The Morgan fingerprint density at radius 1 is 1.12 bits per heavy atom. The van der Waals surface area contributed by atoms with Gasteiger partial charge in [0.25, 0.3) is 0 Å². The third-order valence-electron chi connectivity index (χ3n) is 5.34. The molecule has 5 rings (SSSR count). The Morgan fingerprint density at radius 2 is 2.00 bits per heavy atom. The number of aromatic nitrogens is 5. The van der Waals surface area contributed by atoms with Crippen molar-refractivity contribution in [3.8, 4) is 21.7 Å². The monoisotopic (exact) mass is 475 g/mol. The van der Waals surface area contributed by atoms with Gasteiger partial charge in [-0.3, -0.25) is 4.68 Å². The number of nitrogens with zero attached hydrogens (tertiary/aromatic N) is 5. The molecule has 0 spiro atoms. The summed E-state index contributed by atoms with van der Waals surface area (Å²) in [5.41, 5.74) is 9.71. The molecule has 0 aliphatic heterocycles. The van der Waals surface area contributed by atoms with Gasteiger partial charge in [0, 0.05) is 29.7 Å². The van der Waals surface area contributed by atoms with Crippen molar-refractivity contribution in [3.05, 3.63) is 78.5 Å². The minimum Gasteiger partial charge on any atom is -0.352 e. The fraction of sp³-hybridized carbons (Fsp3) is 0.200. The first-order chi connectivity index (χ1) is 16.1. The van der Waals surface area contributed by atoms with E-state index in [0.717, 1.165) is 37.3 Å². The zero-order valence-electron chi connectivity index (χ0n) is 17.9. The van der Waals surface area contributed by atoms with E-state index >= 15 is 0 Å². The van der Waals surface area contributed by atoms with E-state index in [4.69, 9.17) is 5.73 Å². The van der Waals surface area contributed by atoms with E-state index in [2.05, 4.69) is 37.7 Å². The molecule has 0 aliphatic rings. The number of fused-ring (bicyclic) bond motifs is 1. The molecule has 2 aromatic carbocycles. The van der Waals surface area contributed by atoms with Gasteiger partial charge in [-0.1, -0.05) is 36.9 Å². The van der Waals surface area contributed by atoms with Crippen molar-refractivity contribution in [1.29, 1.82) is 0 Å². The van der Waals surface area contributed by atoms with Crippen molar-refractivity contribution in [3.63, 3.8) is 0 Å². The number of hydrogen-bond acceptors (Lipinski definition) is 7. The second kappa shape index (κ2) is 10.1. The Labute approximate surface area is 201 Å². The number of anilines is 1. The van der Waals surface area contributed by atoms with Gasteiger partial charge in [0.15, 0.2) is 0 Å². The second-order valence-corrected chi connectivity index (χ2v) is 8.77. The predicted octanol–water partition coefficient (Wildman–Crippen LogP) is 5.52. The highest BCUT2D eigenvalue weighted by atomic mass is 32.1. The smallest absolute Gasteiger partial charge is 0.223 e. The summed E-state index contributed by atoms with van der Waals surface area (Å²) in [5, 5.41) is 12.1. The lowest BCUT2D eigenvalue weighted by Crippen LogP contribution is -2.12. The summed E-state index contributed by atoms with van der Waals surface area (Å²) in [6.45, 7) is 3.20. The van der Waals surface area contributed by atoms with Crippen LogP contribution >= 0.6 is 11.3 Å². The first kappa shape index (κ1) is 23.5. The Bertz CT molecular complexity index is 1400. The van der Waals surface area contributed by atoms with Crippen LogP contribution in [0.4, 0.5) is 10.3 Å². The highest BCUT2D eigenvalue weighted by Gasteiger charge is 2.15. The molecule has 7 nitrogen and oxygen atoms in total. The Kier molecular flexibility index (Phi) is 6.95. The van der Waals surface area contributed by atoms with Crippen molar-refractivity contribution in [1.82, 2.24) is 25.0 Å². The third-order valence-corrected chi connectivity index (χ3v) is 6.55. The van der Waals surface area contributed by atoms with Crippen LogP contribution in [0.1, 0.15) is 26.0 Å². The van der Waals surface area contributed by atoms with Crippen LogP contribution < -0.4 is 11.1 Å². The molecule has 0 bridgehead atoms. The molecule has 3 N–H and O–H groups in total. The van der Waals surface area contributed by atoms with E-state index in [-0.39, 0.29) is 19.3 Å². The SMILES string of the molecule is C.CC(N)c1ccc(F)cc1-c1cccc2cc(-c3ccnc(NCCn4ccnn4)n3)sc12. The number of rotatable bonds is 7. The highest BCUT2D eigenvalue weighted by Crippen LogP contribution is 2.40. The largest absolute Gasteiger partial charge is 0.352 e. The molecule has 0 saturated heterocycles.